The maximum absolute atomic E-state index is 12.3. The Hall–Kier alpha value is -2.22. The summed E-state index contributed by atoms with van der Waals surface area (Å²) in [5.41, 5.74) is 3.02. The van der Waals surface area contributed by atoms with Crippen molar-refractivity contribution in [2.45, 2.75) is 13.5 Å². The summed E-state index contributed by atoms with van der Waals surface area (Å²) in [4.78, 5) is 28.7. The number of aryl methyl sites for hydroxylation is 1. The molecule has 0 unspecified atom stereocenters. The third-order valence-electron chi connectivity index (χ3n) is 4.99. The van der Waals surface area contributed by atoms with Gasteiger partial charge in [0, 0.05) is 42.9 Å². The number of carbonyl (C=O) groups is 2. The minimum Gasteiger partial charge on any atom is -0.351 e. The third-order valence-corrected chi connectivity index (χ3v) is 5.84. The number of hydrogen-bond acceptors (Lipinski definition) is 4. The van der Waals surface area contributed by atoms with Crippen LogP contribution in [-0.2, 0) is 16.1 Å². The number of carbonyl (C=O) groups excluding carboxylic acids is 2. The minimum absolute atomic E-state index is 0.0187. The second-order valence-electron chi connectivity index (χ2n) is 7.33. The molecule has 29 heavy (non-hydrogen) atoms. The number of anilines is 1. The quantitative estimate of drug-likeness (QED) is 0.669. The van der Waals surface area contributed by atoms with Gasteiger partial charge >= 0.3 is 0 Å². The lowest BCUT2D eigenvalue weighted by Gasteiger charge is -2.33. The fourth-order valence-electron chi connectivity index (χ4n) is 3.24. The van der Waals surface area contributed by atoms with Crippen molar-refractivity contribution in [1.29, 1.82) is 0 Å². The second-order valence-corrected chi connectivity index (χ2v) is 8.18. The van der Waals surface area contributed by atoms with E-state index in [0.29, 0.717) is 19.6 Å². The van der Waals surface area contributed by atoms with E-state index >= 15 is 0 Å². The summed E-state index contributed by atoms with van der Waals surface area (Å²) in [6.07, 6.45) is 0. The van der Waals surface area contributed by atoms with Crippen LogP contribution in [0.5, 0.6) is 0 Å². The predicted molar refractivity (Wildman–Crippen MR) is 119 cm³/mol. The summed E-state index contributed by atoms with van der Waals surface area (Å²) in [5, 5.41) is 5.91. The van der Waals surface area contributed by atoms with E-state index in [1.165, 1.54) is 0 Å². The molecule has 0 aromatic heterocycles. The van der Waals surface area contributed by atoms with Crippen LogP contribution in [0, 0.1) is 6.92 Å². The molecule has 0 spiro atoms. The van der Waals surface area contributed by atoms with E-state index in [1.807, 2.05) is 55.5 Å². The standard InChI is InChI=1S/C22H27BrN4O2/c1-17-7-8-19(13-20(17)23)25-22(29)16-27-11-9-26(10-12-27)15-21(28)24-14-18-5-3-2-4-6-18/h2-8,13H,9-12,14-16H2,1H3,(H,24,28)(H,25,29). The highest BCUT2D eigenvalue weighted by Gasteiger charge is 2.20. The van der Waals surface area contributed by atoms with Gasteiger partial charge in [0.1, 0.15) is 0 Å². The monoisotopic (exact) mass is 458 g/mol. The maximum atomic E-state index is 12.3. The van der Waals surface area contributed by atoms with Gasteiger partial charge < -0.3 is 10.6 Å². The fraction of sp³-hybridized carbons (Fsp3) is 0.364. The Morgan fingerprint density at radius 3 is 2.17 bits per heavy atom. The van der Waals surface area contributed by atoms with Crippen molar-refractivity contribution in [3.63, 3.8) is 0 Å². The van der Waals surface area contributed by atoms with E-state index in [-0.39, 0.29) is 11.8 Å². The second kappa shape index (κ2) is 10.5. The largest absolute Gasteiger partial charge is 0.351 e. The summed E-state index contributed by atoms with van der Waals surface area (Å²) < 4.78 is 0.981. The zero-order valence-corrected chi connectivity index (χ0v) is 18.2. The molecule has 1 fully saturated rings. The Bertz CT molecular complexity index is 836. The van der Waals surface area contributed by atoms with E-state index < -0.39 is 0 Å². The molecule has 7 heteroatoms. The van der Waals surface area contributed by atoms with Crippen LogP contribution < -0.4 is 10.6 Å². The molecule has 2 aromatic rings. The van der Waals surface area contributed by atoms with Gasteiger partial charge in [0.25, 0.3) is 0 Å². The van der Waals surface area contributed by atoms with Crippen molar-refractivity contribution in [2.24, 2.45) is 0 Å². The molecule has 0 saturated carbocycles. The molecule has 1 heterocycles. The van der Waals surface area contributed by atoms with E-state index in [4.69, 9.17) is 0 Å². The zero-order valence-electron chi connectivity index (χ0n) is 16.7. The predicted octanol–water partition coefficient (Wildman–Crippen LogP) is 2.63. The van der Waals surface area contributed by atoms with Gasteiger partial charge in [-0.05, 0) is 30.2 Å². The highest BCUT2D eigenvalue weighted by molar-refractivity contribution is 9.10. The summed E-state index contributed by atoms with van der Waals surface area (Å²) >= 11 is 3.49. The fourth-order valence-corrected chi connectivity index (χ4v) is 3.61. The first-order valence-electron chi connectivity index (χ1n) is 9.81. The van der Waals surface area contributed by atoms with Crippen molar-refractivity contribution in [2.75, 3.05) is 44.6 Å². The summed E-state index contributed by atoms with van der Waals surface area (Å²) in [6.45, 7) is 6.42. The number of nitrogens with one attached hydrogen (secondary N) is 2. The van der Waals surface area contributed by atoms with E-state index in [9.17, 15) is 9.59 Å². The number of rotatable bonds is 7. The van der Waals surface area contributed by atoms with Gasteiger partial charge in [-0.3, -0.25) is 19.4 Å². The average Bonchev–Trinajstić information content (AvgIpc) is 2.71. The van der Waals surface area contributed by atoms with E-state index in [2.05, 4.69) is 36.4 Å². The van der Waals surface area contributed by atoms with Crippen LogP contribution in [0.3, 0.4) is 0 Å². The summed E-state index contributed by atoms with van der Waals surface area (Å²) in [7, 11) is 0. The number of halogens is 1. The lowest BCUT2D eigenvalue weighted by Crippen LogP contribution is -2.50. The molecule has 0 atom stereocenters. The Labute approximate surface area is 180 Å². The molecule has 6 nitrogen and oxygen atoms in total. The Morgan fingerprint density at radius 2 is 1.55 bits per heavy atom. The average molecular weight is 459 g/mol. The first-order chi connectivity index (χ1) is 14.0. The number of piperazine rings is 1. The van der Waals surface area contributed by atoms with Crippen LogP contribution in [-0.4, -0.2) is 60.9 Å². The van der Waals surface area contributed by atoms with Crippen LogP contribution >= 0.6 is 15.9 Å². The van der Waals surface area contributed by atoms with Gasteiger partial charge in [-0.1, -0.05) is 52.3 Å². The molecule has 1 saturated heterocycles. The van der Waals surface area contributed by atoms with Crippen molar-refractivity contribution in [1.82, 2.24) is 15.1 Å². The number of benzene rings is 2. The van der Waals surface area contributed by atoms with Crippen molar-refractivity contribution < 1.29 is 9.59 Å². The molecule has 1 aliphatic heterocycles. The van der Waals surface area contributed by atoms with E-state index in [0.717, 1.165) is 47.5 Å². The van der Waals surface area contributed by atoms with Crippen LogP contribution in [0.1, 0.15) is 11.1 Å². The number of amides is 2. The summed E-state index contributed by atoms with van der Waals surface area (Å²) in [6, 6.07) is 15.7. The van der Waals surface area contributed by atoms with E-state index in [1.54, 1.807) is 0 Å². The SMILES string of the molecule is Cc1ccc(NC(=O)CN2CCN(CC(=O)NCc3ccccc3)CC2)cc1Br. The van der Waals surface area contributed by atoms with Crippen molar-refractivity contribution in [3.8, 4) is 0 Å². The van der Waals surface area contributed by atoms with Gasteiger partial charge in [0.05, 0.1) is 13.1 Å². The molecule has 0 aliphatic carbocycles. The lowest BCUT2D eigenvalue weighted by molar-refractivity contribution is -0.123. The van der Waals surface area contributed by atoms with Crippen molar-refractivity contribution in [3.05, 3.63) is 64.1 Å². The molecule has 2 aromatic carbocycles. The topological polar surface area (TPSA) is 64.7 Å². The maximum Gasteiger partial charge on any atom is 0.238 e. The van der Waals surface area contributed by atoms with Gasteiger partial charge in [0.2, 0.25) is 11.8 Å². The lowest BCUT2D eigenvalue weighted by atomic mass is 10.2. The van der Waals surface area contributed by atoms with Gasteiger partial charge in [0.15, 0.2) is 0 Å². The first-order valence-corrected chi connectivity index (χ1v) is 10.6. The normalized spacial score (nSPS) is 15.1. The van der Waals surface area contributed by atoms with Crippen LogP contribution in [0.25, 0.3) is 0 Å². The zero-order chi connectivity index (χ0) is 20.6. The molecule has 0 bridgehead atoms. The van der Waals surface area contributed by atoms with Crippen molar-refractivity contribution >= 4 is 33.4 Å². The highest BCUT2D eigenvalue weighted by Crippen LogP contribution is 2.20. The van der Waals surface area contributed by atoms with Gasteiger partial charge in [-0.2, -0.15) is 0 Å². The number of hydrogen-bond donors (Lipinski definition) is 2. The smallest absolute Gasteiger partial charge is 0.238 e. The van der Waals surface area contributed by atoms with Gasteiger partial charge in [-0.15, -0.1) is 0 Å². The molecular formula is C22H27BrN4O2. The Balaban J connectivity index is 1.35. The minimum atomic E-state index is -0.0187. The van der Waals surface area contributed by atoms with Crippen LogP contribution in [0.4, 0.5) is 5.69 Å². The molecular weight excluding hydrogens is 432 g/mol. The molecule has 3 rings (SSSR count). The third kappa shape index (κ3) is 6.96. The summed E-state index contributed by atoms with van der Waals surface area (Å²) in [5.74, 6) is 0.0137. The van der Waals surface area contributed by atoms with Crippen LogP contribution in [0.15, 0.2) is 53.0 Å². The highest BCUT2D eigenvalue weighted by atomic mass is 79.9. The molecule has 2 N–H and O–H groups in total. The molecule has 2 amide bonds. The Morgan fingerprint density at radius 1 is 0.931 bits per heavy atom. The number of nitrogens with zero attached hydrogens (tertiary/aromatic N) is 2. The molecule has 1 aliphatic rings. The Kier molecular flexibility index (Phi) is 7.80. The first kappa shape index (κ1) is 21.5. The molecule has 154 valence electrons. The molecule has 0 radical (unpaired) electrons. The van der Waals surface area contributed by atoms with Crippen LogP contribution in [0.2, 0.25) is 0 Å². The van der Waals surface area contributed by atoms with Gasteiger partial charge in [-0.25, -0.2) is 0 Å².